The van der Waals surface area contributed by atoms with Crippen LogP contribution in [0, 0.1) is 6.92 Å². The van der Waals surface area contributed by atoms with Gasteiger partial charge in [0.15, 0.2) is 0 Å². The van der Waals surface area contributed by atoms with Crippen molar-refractivity contribution in [2.24, 2.45) is 0 Å². The van der Waals surface area contributed by atoms with E-state index >= 15 is 0 Å². The highest BCUT2D eigenvalue weighted by Crippen LogP contribution is 2.21. The zero-order valence-electron chi connectivity index (χ0n) is 15.6. The predicted molar refractivity (Wildman–Crippen MR) is 110 cm³/mol. The predicted octanol–water partition coefficient (Wildman–Crippen LogP) is 3.31. The van der Waals surface area contributed by atoms with E-state index in [0.29, 0.717) is 30.2 Å². The molecule has 0 aliphatic heterocycles. The number of ether oxygens (including phenoxy) is 1. The Morgan fingerprint density at radius 3 is 2.57 bits per heavy atom. The van der Waals surface area contributed by atoms with E-state index in [-0.39, 0.29) is 17.3 Å². The largest absolute Gasteiger partial charge is 0.493 e. The molecule has 0 aromatic heterocycles. The van der Waals surface area contributed by atoms with Gasteiger partial charge < -0.3 is 10.1 Å². The lowest BCUT2D eigenvalue weighted by atomic mass is 10.2. The third kappa shape index (κ3) is 6.37. The quantitative estimate of drug-likeness (QED) is 0.454. The molecule has 0 heterocycles. The number of aryl methyl sites for hydroxylation is 1. The molecule has 0 aliphatic rings. The smallest absolute Gasteiger partial charge is 0.251 e. The Morgan fingerprint density at radius 2 is 1.93 bits per heavy atom. The first-order valence-electron chi connectivity index (χ1n) is 8.71. The van der Waals surface area contributed by atoms with Crippen LogP contribution in [-0.2, 0) is 10.0 Å². The highest BCUT2D eigenvalue weighted by Gasteiger charge is 2.13. The molecule has 2 N–H and O–H groups in total. The Bertz CT molecular complexity index is 928. The molecule has 2 aromatic rings. The zero-order valence-corrected chi connectivity index (χ0v) is 17.1. The van der Waals surface area contributed by atoms with E-state index in [4.69, 9.17) is 16.3 Å². The topological polar surface area (TPSA) is 84.5 Å². The van der Waals surface area contributed by atoms with Gasteiger partial charge in [-0.05, 0) is 61.4 Å². The Balaban J connectivity index is 1.79. The van der Waals surface area contributed by atoms with Crippen molar-refractivity contribution < 1.29 is 17.9 Å². The second kappa shape index (κ2) is 10.3. The molecule has 0 saturated carbocycles. The summed E-state index contributed by atoms with van der Waals surface area (Å²) in [6.07, 6.45) is 2.09. The third-order valence-electron chi connectivity index (χ3n) is 3.85. The van der Waals surface area contributed by atoms with Gasteiger partial charge in [0.25, 0.3) is 5.91 Å². The van der Waals surface area contributed by atoms with Crippen molar-refractivity contribution in [3.05, 3.63) is 71.3 Å². The summed E-state index contributed by atoms with van der Waals surface area (Å²) in [5.74, 6) is 0.489. The van der Waals surface area contributed by atoms with Crippen LogP contribution in [0.4, 0.5) is 0 Å². The summed E-state index contributed by atoms with van der Waals surface area (Å²) in [6, 6.07) is 11.2. The standard InChI is InChI=1S/C20H23ClN2O4S/c1-3-11-23-28(25,26)18-8-5-16(6-9-18)20(24)22-12-4-13-27-19-10-7-17(21)14-15(19)2/h3,5-10,14,23H,1,4,11-13H2,2H3,(H,22,24). The van der Waals surface area contributed by atoms with Gasteiger partial charge in [0.2, 0.25) is 10.0 Å². The molecule has 0 atom stereocenters. The molecule has 8 heteroatoms. The Hall–Kier alpha value is -2.35. The maximum atomic E-state index is 12.2. The lowest BCUT2D eigenvalue weighted by Crippen LogP contribution is -2.26. The fraction of sp³-hybridized carbons (Fsp3) is 0.250. The van der Waals surface area contributed by atoms with Crippen LogP contribution in [0.1, 0.15) is 22.3 Å². The number of hydrogen-bond acceptors (Lipinski definition) is 4. The van der Waals surface area contributed by atoms with Crippen LogP contribution >= 0.6 is 11.6 Å². The molecule has 6 nitrogen and oxygen atoms in total. The minimum Gasteiger partial charge on any atom is -0.493 e. The van der Waals surface area contributed by atoms with E-state index < -0.39 is 10.0 Å². The number of benzene rings is 2. The van der Waals surface area contributed by atoms with E-state index in [1.54, 1.807) is 6.07 Å². The number of amides is 1. The fourth-order valence-corrected chi connectivity index (χ4v) is 3.60. The Kier molecular flexibility index (Phi) is 8.04. The van der Waals surface area contributed by atoms with Gasteiger partial charge in [-0.2, -0.15) is 0 Å². The van der Waals surface area contributed by atoms with E-state index in [2.05, 4.69) is 16.6 Å². The minimum atomic E-state index is -3.60. The maximum absolute atomic E-state index is 12.2. The van der Waals surface area contributed by atoms with Crippen LogP contribution in [0.2, 0.25) is 5.02 Å². The molecule has 0 bridgehead atoms. The van der Waals surface area contributed by atoms with Gasteiger partial charge in [-0.25, -0.2) is 13.1 Å². The Morgan fingerprint density at radius 1 is 1.21 bits per heavy atom. The molecular weight excluding hydrogens is 400 g/mol. The van der Waals surface area contributed by atoms with Crippen molar-refractivity contribution in [2.75, 3.05) is 19.7 Å². The third-order valence-corrected chi connectivity index (χ3v) is 5.52. The summed E-state index contributed by atoms with van der Waals surface area (Å²) in [5.41, 5.74) is 1.34. The summed E-state index contributed by atoms with van der Waals surface area (Å²) >= 11 is 5.91. The number of halogens is 1. The molecule has 2 aromatic carbocycles. The van der Waals surface area contributed by atoms with E-state index in [9.17, 15) is 13.2 Å². The average Bonchev–Trinajstić information content (AvgIpc) is 2.67. The summed E-state index contributed by atoms with van der Waals surface area (Å²) in [6.45, 7) is 6.41. The number of carbonyl (C=O) groups excluding carboxylic acids is 1. The summed E-state index contributed by atoms with van der Waals surface area (Å²) < 4.78 is 32.0. The molecule has 0 spiro atoms. The molecule has 1 amide bonds. The van der Waals surface area contributed by atoms with Crippen molar-refractivity contribution >= 4 is 27.5 Å². The monoisotopic (exact) mass is 422 g/mol. The number of hydrogen-bond donors (Lipinski definition) is 2. The molecule has 0 fully saturated rings. The highest BCUT2D eigenvalue weighted by molar-refractivity contribution is 7.89. The van der Waals surface area contributed by atoms with Crippen molar-refractivity contribution in [3.8, 4) is 5.75 Å². The lowest BCUT2D eigenvalue weighted by Gasteiger charge is -2.10. The van der Waals surface area contributed by atoms with Crippen molar-refractivity contribution in [1.82, 2.24) is 10.0 Å². The van der Waals surface area contributed by atoms with E-state index in [1.165, 1.54) is 30.3 Å². The van der Waals surface area contributed by atoms with Crippen LogP contribution in [0.3, 0.4) is 0 Å². The van der Waals surface area contributed by atoms with Gasteiger partial charge in [-0.3, -0.25) is 4.79 Å². The fourth-order valence-electron chi connectivity index (χ4n) is 2.37. The normalized spacial score (nSPS) is 11.1. The summed E-state index contributed by atoms with van der Waals surface area (Å²) in [7, 11) is -3.60. The zero-order chi connectivity index (χ0) is 20.6. The molecular formula is C20H23ClN2O4S. The van der Waals surface area contributed by atoms with Crippen molar-refractivity contribution in [2.45, 2.75) is 18.2 Å². The van der Waals surface area contributed by atoms with Crippen LogP contribution < -0.4 is 14.8 Å². The van der Waals surface area contributed by atoms with Gasteiger partial charge in [-0.1, -0.05) is 17.7 Å². The first-order chi connectivity index (χ1) is 13.3. The van der Waals surface area contributed by atoms with Gasteiger partial charge in [0, 0.05) is 23.7 Å². The first-order valence-corrected chi connectivity index (χ1v) is 10.6. The number of rotatable bonds is 10. The van der Waals surface area contributed by atoms with Gasteiger partial charge in [-0.15, -0.1) is 6.58 Å². The minimum absolute atomic E-state index is 0.0950. The van der Waals surface area contributed by atoms with Crippen LogP contribution in [-0.4, -0.2) is 34.0 Å². The molecule has 2 rings (SSSR count). The molecule has 0 unspecified atom stereocenters. The summed E-state index contributed by atoms with van der Waals surface area (Å²) in [4.78, 5) is 12.3. The number of nitrogens with one attached hydrogen (secondary N) is 2. The Labute approximate surface area is 170 Å². The summed E-state index contributed by atoms with van der Waals surface area (Å²) in [5, 5.41) is 3.44. The molecule has 0 saturated heterocycles. The second-order valence-electron chi connectivity index (χ2n) is 6.03. The van der Waals surface area contributed by atoms with E-state index in [0.717, 1.165) is 11.3 Å². The van der Waals surface area contributed by atoms with E-state index in [1.807, 2.05) is 19.1 Å². The van der Waals surface area contributed by atoms with Gasteiger partial charge in [0.05, 0.1) is 11.5 Å². The highest BCUT2D eigenvalue weighted by atomic mass is 35.5. The van der Waals surface area contributed by atoms with Gasteiger partial charge in [0.1, 0.15) is 5.75 Å². The molecule has 150 valence electrons. The first kappa shape index (κ1) is 21.9. The van der Waals surface area contributed by atoms with Crippen LogP contribution in [0.5, 0.6) is 5.75 Å². The second-order valence-corrected chi connectivity index (χ2v) is 8.24. The SMILES string of the molecule is C=CCNS(=O)(=O)c1ccc(C(=O)NCCCOc2ccc(Cl)cc2C)cc1. The average molecular weight is 423 g/mol. The number of sulfonamides is 1. The molecule has 28 heavy (non-hydrogen) atoms. The van der Waals surface area contributed by atoms with Crippen molar-refractivity contribution in [1.29, 1.82) is 0 Å². The number of carbonyl (C=O) groups is 1. The van der Waals surface area contributed by atoms with Crippen LogP contribution in [0.25, 0.3) is 0 Å². The lowest BCUT2D eigenvalue weighted by molar-refractivity contribution is 0.0951. The van der Waals surface area contributed by atoms with Gasteiger partial charge >= 0.3 is 0 Å². The van der Waals surface area contributed by atoms with Crippen LogP contribution in [0.15, 0.2) is 60.0 Å². The molecule has 0 aliphatic carbocycles. The van der Waals surface area contributed by atoms with Crippen molar-refractivity contribution in [3.63, 3.8) is 0 Å². The maximum Gasteiger partial charge on any atom is 0.251 e. The molecule has 0 radical (unpaired) electrons.